The second-order valence-corrected chi connectivity index (χ2v) is 4.24. The van der Waals surface area contributed by atoms with Gasteiger partial charge in [0.1, 0.15) is 0 Å². The van der Waals surface area contributed by atoms with Gasteiger partial charge in [0.2, 0.25) is 0 Å². The molecule has 118 valence electrons. The quantitative estimate of drug-likeness (QED) is 0.622. The summed E-state index contributed by atoms with van der Waals surface area (Å²) in [5.41, 5.74) is -4.78. The molecule has 0 N–H and O–H groups in total. The van der Waals surface area contributed by atoms with Crippen LogP contribution in [-0.2, 0) is 34.7 Å². The number of methoxy groups -OCH3 is 1. The molecule has 2 nitrogen and oxygen atoms in total. The molecule has 0 aromatic heterocycles. The Kier molecular flexibility index (Phi) is 4.91. The van der Waals surface area contributed by atoms with Gasteiger partial charge in [0.15, 0.2) is 0 Å². The minimum atomic E-state index is -5.22. The van der Waals surface area contributed by atoms with Gasteiger partial charge >= 0.3 is 18.3 Å². The van der Waals surface area contributed by atoms with Gasteiger partial charge in [0.25, 0.3) is 0 Å². The fraction of sp³-hybridized carbons (Fsp3) is 0.462. The van der Waals surface area contributed by atoms with Crippen LogP contribution in [0.4, 0.5) is 26.3 Å². The van der Waals surface area contributed by atoms with Crippen LogP contribution >= 0.6 is 0 Å². The zero-order valence-electron chi connectivity index (χ0n) is 11.2. The molecule has 0 saturated carbocycles. The predicted octanol–water partition coefficient (Wildman–Crippen LogP) is 4.00. The van der Waals surface area contributed by atoms with E-state index in [1.807, 2.05) is 0 Å². The van der Waals surface area contributed by atoms with Crippen molar-refractivity contribution in [3.8, 4) is 0 Å². The van der Waals surface area contributed by atoms with Crippen molar-refractivity contribution in [2.45, 2.75) is 32.1 Å². The Morgan fingerprint density at radius 1 is 1.00 bits per heavy atom. The Morgan fingerprint density at radius 3 is 1.81 bits per heavy atom. The summed E-state index contributed by atoms with van der Waals surface area (Å²) < 4.78 is 82.4. The van der Waals surface area contributed by atoms with Crippen molar-refractivity contribution in [1.82, 2.24) is 0 Å². The Hall–Kier alpha value is -1.73. The standard InChI is InChI=1S/C13H12F6O2/c1-3-7-4-5-8(6-9(20)21-2)11(13(17,18)19)10(7)12(14,15)16/h4-5H,3,6H2,1-2H3. The average molecular weight is 314 g/mol. The molecule has 0 spiro atoms. The lowest BCUT2D eigenvalue weighted by atomic mass is 9.92. The summed E-state index contributed by atoms with van der Waals surface area (Å²) in [4.78, 5) is 11.1. The number of carbonyl (C=O) groups excluding carboxylic acids is 1. The van der Waals surface area contributed by atoms with E-state index < -0.39 is 47.0 Å². The van der Waals surface area contributed by atoms with Gasteiger partial charge in [-0.3, -0.25) is 4.79 Å². The first-order chi connectivity index (χ1) is 9.52. The normalized spacial score (nSPS) is 12.4. The highest BCUT2D eigenvalue weighted by molar-refractivity contribution is 5.73. The number of rotatable bonds is 3. The molecule has 0 aliphatic heterocycles. The number of ether oxygens (including phenoxy) is 1. The molecule has 1 aromatic rings. The van der Waals surface area contributed by atoms with Crippen molar-refractivity contribution in [3.63, 3.8) is 0 Å². The molecular formula is C13H12F6O2. The van der Waals surface area contributed by atoms with Crippen LogP contribution in [0.1, 0.15) is 29.2 Å². The minimum Gasteiger partial charge on any atom is -0.469 e. The number of carbonyl (C=O) groups is 1. The molecule has 1 rings (SSSR count). The van der Waals surface area contributed by atoms with Crippen LogP contribution in [-0.4, -0.2) is 13.1 Å². The topological polar surface area (TPSA) is 26.3 Å². The Balaban J connectivity index is 3.65. The third-order valence-electron chi connectivity index (χ3n) is 2.89. The lowest BCUT2D eigenvalue weighted by Gasteiger charge is -2.21. The van der Waals surface area contributed by atoms with E-state index in [4.69, 9.17) is 0 Å². The van der Waals surface area contributed by atoms with Gasteiger partial charge in [-0.2, -0.15) is 26.3 Å². The SMILES string of the molecule is CCc1ccc(CC(=O)OC)c(C(F)(F)F)c1C(F)(F)F. The average Bonchev–Trinajstić information content (AvgIpc) is 2.35. The molecule has 0 radical (unpaired) electrons. The number of alkyl halides is 6. The highest BCUT2D eigenvalue weighted by atomic mass is 19.4. The number of hydrogen-bond acceptors (Lipinski definition) is 2. The van der Waals surface area contributed by atoms with Crippen LogP contribution < -0.4 is 0 Å². The molecule has 8 heteroatoms. The number of hydrogen-bond donors (Lipinski definition) is 0. The minimum absolute atomic E-state index is 0.212. The summed E-state index contributed by atoms with van der Waals surface area (Å²) in [6, 6.07) is 1.84. The van der Waals surface area contributed by atoms with Gasteiger partial charge in [0, 0.05) is 0 Å². The first kappa shape index (κ1) is 17.3. The predicted molar refractivity (Wildman–Crippen MR) is 61.5 cm³/mol. The number of esters is 1. The van der Waals surface area contributed by atoms with Crippen LogP contribution in [0.25, 0.3) is 0 Å². The molecule has 0 fully saturated rings. The first-order valence-electron chi connectivity index (χ1n) is 5.88. The lowest BCUT2D eigenvalue weighted by Crippen LogP contribution is -2.22. The molecule has 0 saturated heterocycles. The third-order valence-corrected chi connectivity index (χ3v) is 2.89. The van der Waals surface area contributed by atoms with E-state index in [0.29, 0.717) is 0 Å². The summed E-state index contributed by atoms with van der Waals surface area (Å²) in [6.07, 6.45) is -11.5. The van der Waals surface area contributed by atoms with E-state index in [1.165, 1.54) is 6.92 Å². The van der Waals surface area contributed by atoms with Crippen LogP contribution in [0.2, 0.25) is 0 Å². The summed E-state index contributed by atoms with van der Waals surface area (Å²) in [6.45, 7) is 1.32. The van der Waals surface area contributed by atoms with Gasteiger partial charge in [-0.05, 0) is 17.5 Å². The third kappa shape index (κ3) is 3.89. The number of benzene rings is 1. The van der Waals surface area contributed by atoms with E-state index >= 15 is 0 Å². The van der Waals surface area contributed by atoms with Gasteiger partial charge < -0.3 is 4.74 Å². The summed E-state index contributed by atoms with van der Waals surface area (Å²) in [5, 5.41) is 0. The Bertz CT molecular complexity index is 531. The lowest BCUT2D eigenvalue weighted by molar-refractivity contribution is -0.163. The summed E-state index contributed by atoms with van der Waals surface area (Å²) >= 11 is 0. The Labute approximate surface area is 116 Å². The molecule has 0 amide bonds. The van der Waals surface area contributed by atoms with Crippen LogP contribution in [0.3, 0.4) is 0 Å². The van der Waals surface area contributed by atoms with Crippen molar-refractivity contribution < 1.29 is 35.9 Å². The molecule has 21 heavy (non-hydrogen) atoms. The largest absolute Gasteiger partial charge is 0.469 e. The second-order valence-electron chi connectivity index (χ2n) is 4.24. The zero-order valence-corrected chi connectivity index (χ0v) is 11.2. The summed E-state index contributed by atoms with van der Waals surface area (Å²) in [7, 11) is 0.945. The molecular weight excluding hydrogens is 302 g/mol. The molecule has 0 heterocycles. The molecule has 0 aliphatic carbocycles. The fourth-order valence-electron chi connectivity index (χ4n) is 2.01. The van der Waals surface area contributed by atoms with Gasteiger partial charge in [-0.25, -0.2) is 0 Å². The maximum absolute atomic E-state index is 13.1. The second kappa shape index (κ2) is 5.95. The number of aryl methyl sites for hydroxylation is 1. The van der Waals surface area contributed by atoms with Crippen LogP contribution in [0, 0.1) is 0 Å². The monoisotopic (exact) mass is 314 g/mol. The van der Waals surface area contributed by atoms with Crippen molar-refractivity contribution >= 4 is 5.97 Å². The number of halogens is 6. The Morgan fingerprint density at radius 2 is 1.43 bits per heavy atom. The fourth-order valence-corrected chi connectivity index (χ4v) is 2.01. The van der Waals surface area contributed by atoms with Gasteiger partial charge in [-0.1, -0.05) is 19.1 Å². The maximum Gasteiger partial charge on any atom is 0.417 e. The van der Waals surface area contributed by atoms with Gasteiger partial charge in [0.05, 0.1) is 24.7 Å². The maximum atomic E-state index is 13.1. The van der Waals surface area contributed by atoms with Crippen LogP contribution in [0.5, 0.6) is 0 Å². The van der Waals surface area contributed by atoms with Crippen molar-refractivity contribution in [3.05, 3.63) is 34.4 Å². The van der Waals surface area contributed by atoms with E-state index in [9.17, 15) is 31.1 Å². The van der Waals surface area contributed by atoms with E-state index in [-0.39, 0.29) is 6.42 Å². The first-order valence-corrected chi connectivity index (χ1v) is 5.88. The van der Waals surface area contributed by atoms with Crippen LogP contribution in [0.15, 0.2) is 12.1 Å². The molecule has 1 aromatic carbocycles. The molecule has 0 bridgehead atoms. The van der Waals surface area contributed by atoms with Crippen molar-refractivity contribution in [2.24, 2.45) is 0 Å². The van der Waals surface area contributed by atoms with E-state index in [2.05, 4.69) is 4.74 Å². The summed E-state index contributed by atoms with van der Waals surface area (Å²) in [5.74, 6) is -1.04. The molecule has 0 unspecified atom stereocenters. The van der Waals surface area contributed by atoms with E-state index in [0.717, 1.165) is 19.2 Å². The smallest absolute Gasteiger partial charge is 0.417 e. The molecule has 0 atom stereocenters. The van der Waals surface area contributed by atoms with Gasteiger partial charge in [-0.15, -0.1) is 0 Å². The van der Waals surface area contributed by atoms with Crippen molar-refractivity contribution in [2.75, 3.05) is 7.11 Å². The molecule has 0 aliphatic rings. The van der Waals surface area contributed by atoms with Crippen molar-refractivity contribution in [1.29, 1.82) is 0 Å². The highest BCUT2D eigenvalue weighted by Crippen LogP contribution is 2.44. The zero-order chi connectivity index (χ0) is 16.4. The van der Waals surface area contributed by atoms with E-state index in [1.54, 1.807) is 0 Å². The highest BCUT2D eigenvalue weighted by Gasteiger charge is 2.46.